The predicted octanol–water partition coefficient (Wildman–Crippen LogP) is 1.74. The lowest BCUT2D eigenvalue weighted by molar-refractivity contribution is 0.0969. The van der Waals surface area contributed by atoms with E-state index in [9.17, 15) is 9.59 Å². The minimum atomic E-state index is -0.408. The Balaban J connectivity index is 1.86. The molecule has 0 aliphatic rings. The van der Waals surface area contributed by atoms with Crippen molar-refractivity contribution in [1.29, 1.82) is 0 Å². The van der Waals surface area contributed by atoms with Crippen LogP contribution in [0.2, 0.25) is 0 Å². The highest BCUT2D eigenvalue weighted by Crippen LogP contribution is 2.16. The molecule has 0 saturated carbocycles. The molecule has 3 rings (SSSR count). The van der Waals surface area contributed by atoms with Crippen LogP contribution in [0.1, 0.15) is 14.5 Å². The number of tetrazole rings is 1. The lowest BCUT2D eigenvalue weighted by atomic mass is 10.3. The number of rotatable bonds is 4. The molecule has 0 aliphatic carbocycles. The largest absolute Gasteiger partial charge is 0.369 e. The van der Waals surface area contributed by atoms with E-state index in [2.05, 4.69) is 10.4 Å². The van der Waals surface area contributed by atoms with Crippen LogP contribution in [0.5, 0.6) is 0 Å². The van der Waals surface area contributed by atoms with Gasteiger partial charge in [0.05, 0.1) is 4.88 Å². The van der Waals surface area contributed by atoms with Crippen LogP contribution in [-0.2, 0) is 6.54 Å². The van der Waals surface area contributed by atoms with Crippen molar-refractivity contribution in [3.63, 3.8) is 0 Å². The molecule has 20 heavy (non-hydrogen) atoms. The molecule has 3 aromatic heterocycles. The van der Waals surface area contributed by atoms with E-state index in [1.54, 1.807) is 12.1 Å². The second kappa shape index (κ2) is 5.14. The minimum Gasteiger partial charge on any atom is -0.291 e. The first-order valence-electron chi connectivity index (χ1n) is 5.81. The Bertz CT molecular complexity index is 798. The normalized spacial score (nSPS) is 10.8. The van der Waals surface area contributed by atoms with E-state index in [4.69, 9.17) is 0 Å². The van der Waals surface area contributed by atoms with E-state index in [1.807, 2.05) is 24.4 Å². The van der Waals surface area contributed by atoms with Gasteiger partial charge in [0.2, 0.25) is 0 Å². The first-order chi connectivity index (χ1) is 9.65. The van der Waals surface area contributed by atoms with Gasteiger partial charge in [-0.25, -0.2) is 4.79 Å². The van der Waals surface area contributed by atoms with Crippen molar-refractivity contribution < 1.29 is 4.79 Å². The SMILES string of the molecule is Cc1ccc(C(=O)Cn2nnn(-c3cccs3)c2=O)s1. The fourth-order valence-electron chi connectivity index (χ4n) is 1.70. The molecular formula is C12H10N4O2S2. The molecule has 3 heterocycles. The molecule has 8 heteroatoms. The van der Waals surface area contributed by atoms with Gasteiger partial charge in [0, 0.05) is 4.88 Å². The average molecular weight is 306 g/mol. The fourth-order valence-corrected chi connectivity index (χ4v) is 3.17. The summed E-state index contributed by atoms with van der Waals surface area (Å²) < 4.78 is 2.27. The van der Waals surface area contributed by atoms with Crippen molar-refractivity contribution >= 4 is 28.5 Å². The third kappa shape index (κ3) is 2.35. The van der Waals surface area contributed by atoms with Crippen LogP contribution < -0.4 is 5.69 Å². The number of hydrogen-bond acceptors (Lipinski definition) is 6. The highest BCUT2D eigenvalue weighted by atomic mass is 32.1. The van der Waals surface area contributed by atoms with Gasteiger partial charge in [0.1, 0.15) is 11.5 Å². The fraction of sp³-hybridized carbons (Fsp3) is 0.167. The molecule has 0 spiro atoms. The smallest absolute Gasteiger partial charge is 0.291 e. The van der Waals surface area contributed by atoms with E-state index in [-0.39, 0.29) is 12.3 Å². The van der Waals surface area contributed by atoms with Crippen LogP contribution in [-0.4, -0.2) is 25.6 Å². The zero-order valence-corrected chi connectivity index (χ0v) is 12.1. The highest BCUT2D eigenvalue weighted by Gasteiger charge is 2.15. The molecule has 0 N–H and O–H groups in total. The Hall–Kier alpha value is -2.06. The van der Waals surface area contributed by atoms with Gasteiger partial charge in [-0.1, -0.05) is 0 Å². The number of hydrogen-bond donors (Lipinski definition) is 0. The minimum absolute atomic E-state index is 0.0931. The van der Waals surface area contributed by atoms with Crippen molar-refractivity contribution in [3.8, 4) is 5.00 Å². The lowest BCUT2D eigenvalue weighted by Gasteiger charge is -1.95. The predicted molar refractivity (Wildman–Crippen MR) is 76.9 cm³/mol. The van der Waals surface area contributed by atoms with Crippen molar-refractivity contribution in [3.05, 3.63) is 49.9 Å². The van der Waals surface area contributed by atoms with Gasteiger partial charge in [-0.15, -0.1) is 22.7 Å². The summed E-state index contributed by atoms with van der Waals surface area (Å²) >= 11 is 2.79. The number of thiophene rings is 2. The van der Waals surface area contributed by atoms with Gasteiger partial charge in [0.15, 0.2) is 5.78 Å². The molecule has 0 unspecified atom stereocenters. The molecule has 0 bridgehead atoms. The van der Waals surface area contributed by atoms with Crippen molar-refractivity contribution in [2.45, 2.75) is 13.5 Å². The highest BCUT2D eigenvalue weighted by molar-refractivity contribution is 7.14. The summed E-state index contributed by atoms with van der Waals surface area (Å²) in [5.41, 5.74) is -0.408. The topological polar surface area (TPSA) is 69.8 Å². The van der Waals surface area contributed by atoms with E-state index in [0.717, 1.165) is 9.56 Å². The zero-order chi connectivity index (χ0) is 14.1. The molecule has 0 saturated heterocycles. The van der Waals surface area contributed by atoms with Crippen LogP contribution in [0.4, 0.5) is 0 Å². The molecule has 0 radical (unpaired) electrons. The zero-order valence-electron chi connectivity index (χ0n) is 10.5. The van der Waals surface area contributed by atoms with Crippen LogP contribution >= 0.6 is 22.7 Å². The summed E-state index contributed by atoms with van der Waals surface area (Å²) in [6, 6.07) is 7.24. The Morgan fingerprint density at radius 3 is 2.80 bits per heavy atom. The Kier molecular flexibility index (Phi) is 3.33. The summed E-state index contributed by atoms with van der Waals surface area (Å²) in [5.74, 6) is -0.136. The molecule has 102 valence electrons. The van der Waals surface area contributed by atoms with Gasteiger partial charge in [-0.3, -0.25) is 4.79 Å². The van der Waals surface area contributed by atoms with E-state index < -0.39 is 5.69 Å². The Morgan fingerprint density at radius 2 is 2.15 bits per heavy atom. The van der Waals surface area contributed by atoms with Gasteiger partial charge < -0.3 is 0 Å². The van der Waals surface area contributed by atoms with Crippen LogP contribution in [0.25, 0.3) is 5.00 Å². The van der Waals surface area contributed by atoms with E-state index >= 15 is 0 Å². The number of Topliss-reactive ketones (excluding diaryl/α,β-unsaturated/α-hetero) is 1. The molecular weight excluding hydrogens is 296 g/mol. The molecule has 0 amide bonds. The van der Waals surface area contributed by atoms with Crippen molar-refractivity contribution in [2.24, 2.45) is 0 Å². The van der Waals surface area contributed by atoms with Gasteiger partial charge in [-0.2, -0.15) is 9.36 Å². The average Bonchev–Trinajstić information content (AvgIpc) is 3.12. The van der Waals surface area contributed by atoms with Crippen LogP contribution in [0.3, 0.4) is 0 Å². The monoisotopic (exact) mass is 306 g/mol. The number of carbonyl (C=O) groups is 1. The van der Waals surface area contributed by atoms with Gasteiger partial charge >= 0.3 is 5.69 Å². The van der Waals surface area contributed by atoms with Crippen molar-refractivity contribution in [2.75, 3.05) is 0 Å². The number of aryl methyl sites for hydroxylation is 1. The third-order valence-corrected chi connectivity index (χ3v) is 4.55. The molecule has 0 aliphatic heterocycles. The first kappa shape index (κ1) is 12.9. The van der Waals surface area contributed by atoms with Gasteiger partial charge in [0.25, 0.3) is 0 Å². The maximum atomic E-state index is 12.1. The summed E-state index contributed by atoms with van der Waals surface area (Å²) in [6.07, 6.45) is 0. The molecule has 0 aromatic carbocycles. The maximum Gasteiger partial charge on any atom is 0.369 e. The summed E-state index contributed by atoms with van der Waals surface area (Å²) in [5, 5.41) is 10.1. The molecule has 0 fully saturated rings. The van der Waals surface area contributed by atoms with E-state index in [0.29, 0.717) is 9.88 Å². The quantitative estimate of drug-likeness (QED) is 0.689. The van der Waals surface area contributed by atoms with E-state index in [1.165, 1.54) is 27.4 Å². The second-order valence-corrected chi connectivity index (χ2v) is 6.33. The molecule has 0 atom stereocenters. The number of aromatic nitrogens is 4. The van der Waals surface area contributed by atoms with Gasteiger partial charge in [-0.05, 0) is 47.0 Å². The van der Waals surface area contributed by atoms with Crippen LogP contribution in [0, 0.1) is 6.92 Å². The molecule has 6 nitrogen and oxygen atoms in total. The van der Waals surface area contributed by atoms with Crippen molar-refractivity contribution in [1.82, 2.24) is 19.8 Å². The van der Waals surface area contributed by atoms with Crippen LogP contribution in [0.15, 0.2) is 34.4 Å². The first-order valence-corrected chi connectivity index (χ1v) is 7.51. The number of nitrogens with zero attached hydrogens (tertiary/aromatic N) is 4. The lowest BCUT2D eigenvalue weighted by Crippen LogP contribution is -2.26. The summed E-state index contributed by atoms with van der Waals surface area (Å²) in [7, 11) is 0. The Morgan fingerprint density at radius 1 is 1.30 bits per heavy atom. The number of carbonyl (C=O) groups excluding carboxylic acids is 1. The standard InChI is InChI=1S/C12H10N4O2S2/c1-8-4-5-10(20-8)9(17)7-15-12(18)16(14-13-15)11-3-2-6-19-11/h2-6H,7H2,1H3. The maximum absolute atomic E-state index is 12.1. The number of ketones is 1. The molecule has 3 aromatic rings. The summed E-state index contributed by atoms with van der Waals surface area (Å²) in [4.78, 5) is 25.8. The second-order valence-electron chi connectivity index (χ2n) is 4.12. The summed E-state index contributed by atoms with van der Waals surface area (Å²) in [6.45, 7) is 1.84. The Labute approximate surface area is 121 Å². The third-order valence-electron chi connectivity index (χ3n) is 2.66.